The summed E-state index contributed by atoms with van der Waals surface area (Å²) in [7, 11) is 0. The molecule has 2 rings (SSSR count). The fourth-order valence-corrected chi connectivity index (χ4v) is 2.65. The lowest BCUT2D eigenvalue weighted by Gasteiger charge is -2.21. The minimum Gasteiger partial charge on any atom is -0.339 e. The van der Waals surface area contributed by atoms with Gasteiger partial charge in [0.2, 0.25) is 17.7 Å². The zero-order valence-electron chi connectivity index (χ0n) is 16.5. The van der Waals surface area contributed by atoms with Gasteiger partial charge in [0.05, 0.1) is 0 Å². The number of hydrogen-bond donors (Lipinski definition) is 1. The Balaban J connectivity index is 1.88. The number of benzene rings is 1. The first-order chi connectivity index (χ1) is 12.9. The number of carbonyl (C=O) groups excluding carboxylic acids is 2. The van der Waals surface area contributed by atoms with Crippen LogP contribution in [0.4, 0.5) is 5.69 Å². The number of hydrogen-bond acceptors (Lipinski definition) is 5. The average Bonchev–Trinajstić information content (AvgIpc) is 3.10. The van der Waals surface area contributed by atoms with Crippen molar-refractivity contribution in [2.24, 2.45) is 0 Å². The van der Waals surface area contributed by atoms with Gasteiger partial charge in [0.15, 0.2) is 5.82 Å². The summed E-state index contributed by atoms with van der Waals surface area (Å²) in [6.45, 7) is 8.59. The zero-order valence-corrected chi connectivity index (χ0v) is 16.5. The molecule has 1 aromatic carbocycles. The quantitative estimate of drug-likeness (QED) is 0.727. The number of nitrogens with zero attached hydrogens (tertiary/aromatic N) is 3. The minimum absolute atomic E-state index is 0.0129. The summed E-state index contributed by atoms with van der Waals surface area (Å²) in [4.78, 5) is 30.0. The molecule has 27 heavy (non-hydrogen) atoms. The number of aryl methyl sites for hydroxylation is 1. The second kappa shape index (κ2) is 9.85. The summed E-state index contributed by atoms with van der Waals surface area (Å²) in [5.41, 5.74) is 1.66. The highest BCUT2D eigenvalue weighted by Crippen LogP contribution is 2.18. The van der Waals surface area contributed by atoms with Crippen molar-refractivity contribution in [3.05, 3.63) is 41.5 Å². The number of rotatable bonds is 9. The van der Waals surface area contributed by atoms with E-state index in [2.05, 4.69) is 15.5 Å². The Bertz CT molecular complexity index is 770. The molecule has 0 aliphatic heterocycles. The average molecular weight is 372 g/mol. The largest absolute Gasteiger partial charge is 0.339 e. The topological polar surface area (TPSA) is 88.3 Å². The van der Waals surface area contributed by atoms with Crippen LogP contribution in [0.1, 0.15) is 63.7 Å². The predicted octanol–water partition coefficient (Wildman–Crippen LogP) is 3.52. The molecule has 146 valence electrons. The fraction of sp³-hybridized carbons (Fsp3) is 0.500. The molecule has 0 saturated heterocycles. The minimum atomic E-state index is -0.0723. The van der Waals surface area contributed by atoms with E-state index in [9.17, 15) is 9.59 Å². The number of anilines is 1. The van der Waals surface area contributed by atoms with Gasteiger partial charge in [0.1, 0.15) is 0 Å². The zero-order chi connectivity index (χ0) is 19.8. The molecule has 0 aliphatic carbocycles. The van der Waals surface area contributed by atoms with Gasteiger partial charge in [-0.05, 0) is 25.0 Å². The van der Waals surface area contributed by atoms with Gasteiger partial charge in [-0.3, -0.25) is 9.59 Å². The highest BCUT2D eigenvalue weighted by atomic mass is 16.5. The SMILES string of the molecule is CCN(Cc1ccccc1NC(=O)CCCc1nc(C(C)C)no1)C(C)=O. The van der Waals surface area contributed by atoms with Crippen molar-refractivity contribution in [3.63, 3.8) is 0 Å². The summed E-state index contributed by atoms with van der Waals surface area (Å²) in [5, 5.41) is 6.87. The first-order valence-corrected chi connectivity index (χ1v) is 9.36. The number of amides is 2. The molecule has 0 spiro atoms. The second-order valence-electron chi connectivity index (χ2n) is 6.79. The summed E-state index contributed by atoms with van der Waals surface area (Å²) in [6, 6.07) is 7.55. The van der Waals surface area contributed by atoms with Crippen molar-refractivity contribution < 1.29 is 14.1 Å². The Labute approximate surface area is 160 Å². The Morgan fingerprint density at radius 2 is 2.00 bits per heavy atom. The van der Waals surface area contributed by atoms with Crippen molar-refractivity contribution in [1.82, 2.24) is 15.0 Å². The summed E-state index contributed by atoms with van der Waals surface area (Å²) in [5.74, 6) is 1.41. The van der Waals surface area contributed by atoms with Gasteiger partial charge in [-0.2, -0.15) is 4.98 Å². The molecule has 7 heteroatoms. The van der Waals surface area contributed by atoms with E-state index in [0.29, 0.717) is 44.1 Å². The van der Waals surface area contributed by atoms with E-state index in [1.807, 2.05) is 45.0 Å². The molecule has 2 amide bonds. The number of para-hydroxylation sites is 1. The lowest BCUT2D eigenvalue weighted by Crippen LogP contribution is -2.28. The lowest BCUT2D eigenvalue weighted by molar-refractivity contribution is -0.129. The van der Waals surface area contributed by atoms with E-state index < -0.39 is 0 Å². The summed E-state index contributed by atoms with van der Waals surface area (Å²) in [6.07, 6.45) is 1.56. The Morgan fingerprint density at radius 3 is 2.63 bits per heavy atom. The molecule has 0 unspecified atom stereocenters. The van der Waals surface area contributed by atoms with Crippen LogP contribution in [0.5, 0.6) is 0 Å². The Kier molecular flexibility index (Phi) is 7.52. The van der Waals surface area contributed by atoms with Crippen LogP contribution in [0.3, 0.4) is 0 Å². The first-order valence-electron chi connectivity index (χ1n) is 9.36. The summed E-state index contributed by atoms with van der Waals surface area (Å²) < 4.78 is 5.19. The van der Waals surface area contributed by atoms with Crippen LogP contribution in [-0.2, 0) is 22.6 Å². The van der Waals surface area contributed by atoms with E-state index in [1.54, 1.807) is 11.8 Å². The molecule has 1 N–H and O–H groups in total. The Morgan fingerprint density at radius 1 is 1.26 bits per heavy atom. The van der Waals surface area contributed by atoms with Gasteiger partial charge in [-0.15, -0.1) is 0 Å². The molecule has 0 saturated carbocycles. The maximum atomic E-state index is 12.3. The normalized spacial score (nSPS) is 10.9. The Hall–Kier alpha value is -2.70. The van der Waals surface area contributed by atoms with E-state index in [1.165, 1.54) is 0 Å². The van der Waals surface area contributed by atoms with Gasteiger partial charge < -0.3 is 14.7 Å². The molecule has 7 nitrogen and oxygen atoms in total. The molecule has 0 fully saturated rings. The monoisotopic (exact) mass is 372 g/mol. The van der Waals surface area contributed by atoms with Crippen LogP contribution < -0.4 is 5.32 Å². The second-order valence-corrected chi connectivity index (χ2v) is 6.79. The van der Waals surface area contributed by atoms with Crippen LogP contribution in [0.15, 0.2) is 28.8 Å². The van der Waals surface area contributed by atoms with Gasteiger partial charge in [0.25, 0.3) is 0 Å². The molecule has 0 aliphatic rings. The van der Waals surface area contributed by atoms with E-state index in [-0.39, 0.29) is 17.7 Å². The number of nitrogens with one attached hydrogen (secondary N) is 1. The van der Waals surface area contributed by atoms with Gasteiger partial charge in [-0.1, -0.05) is 37.2 Å². The molecule has 0 radical (unpaired) electrons. The highest BCUT2D eigenvalue weighted by Gasteiger charge is 2.13. The van der Waals surface area contributed by atoms with Crippen molar-refractivity contribution in [2.45, 2.75) is 59.4 Å². The van der Waals surface area contributed by atoms with Crippen LogP contribution >= 0.6 is 0 Å². The molecule has 1 heterocycles. The third-order valence-electron chi connectivity index (χ3n) is 4.27. The standard InChI is InChI=1S/C20H28N4O3/c1-5-24(15(4)25)13-16-9-6-7-10-17(16)21-18(26)11-8-12-19-22-20(14(2)3)23-27-19/h6-7,9-10,14H,5,8,11-13H2,1-4H3,(H,21,26). The van der Waals surface area contributed by atoms with Gasteiger partial charge in [-0.25, -0.2) is 0 Å². The van der Waals surface area contributed by atoms with Crippen LogP contribution in [0.25, 0.3) is 0 Å². The highest BCUT2D eigenvalue weighted by molar-refractivity contribution is 5.91. The van der Waals surface area contributed by atoms with Crippen LogP contribution in [0.2, 0.25) is 0 Å². The molecule has 0 bridgehead atoms. The molecular weight excluding hydrogens is 344 g/mol. The molecule has 2 aromatic rings. The van der Waals surface area contributed by atoms with E-state index in [4.69, 9.17) is 4.52 Å². The number of aromatic nitrogens is 2. The third-order valence-corrected chi connectivity index (χ3v) is 4.27. The third kappa shape index (κ3) is 6.20. The summed E-state index contributed by atoms with van der Waals surface area (Å²) >= 11 is 0. The molecular formula is C20H28N4O3. The van der Waals surface area contributed by atoms with Crippen LogP contribution in [0, 0.1) is 0 Å². The van der Waals surface area contributed by atoms with Crippen molar-refractivity contribution >= 4 is 17.5 Å². The van der Waals surface area contributed by atoms with Gasteiger partial charge >= 0.3 is 0 Å². The van der Waals surface area contributed by atoms with Crippen molar-refractivity contribution in [1.29, 1.82) is 0 Å². The van der Waals surface area contributed by atoms with Crippen molar-refractivity contribution in [3.8, 4) is 0 Å². The van der Waals surface area contributed by atoms with E-state index >= 15 is 0 Å². The lowest BCUT2D eigenvalue weighted by atomic mass is 10.1. The van der Waals surface area contributed by atoms with E-state index in [0.717, 1.165) is 11.3 Å². The predicted molar refractivity (Wildman–Crippen MR) is 103 cm³/mol. The van der Waals surface area contributed by atoms with Gasteiger partial charge in [0, 0.05) is 44.5 Å². The maximum Gasteiger partial charge on any atom is 0.226 e. The van der Waals surface area contributed by atoms with Crippen molar-refractivity contribution in [2.75, 3.05) is 11.9 Å². The maximum absolute atomic E-state index is 12.3. The number of carbonyl (C=O) groups is 2. The fourth-order valence-electron chi connectivity index (χ4n) is 2.65. The first kappa shape index (κ1) is 20.6. The smallest absolute Gasteiger partial charge is 0.226 e. The molecule has 0 atom stereocenters. The molecule has 1 aromatic heterocycles. The van der Waals surface area contributed by atoms with Crippen LogP contribution in [-0.4, -0.2) is 33.4 Å².